The minimum atomic E-state index is -0.329. The van der Waals surface area contributed by atoms with Crippen LogP contribution in [0.1, 0.15) is 187 Å². The van der Waals surface area contributed by atoms with Crippen molar-refractivity contribution >= 4 is 11.9 Å². The molecule has 202 valence electrons. The second kappa shape index (κ2) is 28.4. The fourth-order valence-electron chi connectivity index (χ4n) is 4.63. The van der Waals surface area contributed by atoms with Crippen molar-refractivity contribution in [1.29, 1.82) is 0 Å². The number of esters is 2. The molecule has 0 spiro atoms. The van der Waals surface area contributed by atoms with Gasteiger partial charge in [-0.05, 0) is 12.8 Å². The Morgan fingerprint density at radius 3 is 0.794 bits per heavy atom. The molecule has 0 atom stereocenters. The molecule has 0 amide bonds. The molecule has 0 saturated carbocycles. The lowest BCUT2D eigenvalue weighted by Crippen LogP contribution is -2.11. The lowest BCUT2D eigenvalue weighted by molar-refractivity contribution is -0.159. The molecule has 0 aromatic carbocycles. The summed E-state index contributed by atoms with van der Waals surface area (Å²) < 4.78 is 4.97. The molecule has 0 aliphatic rings. The summed E-state index contributed by atoms with van der Waals surface area (Å²) in [7, 11) is 0. The van der Waals surface area contributed by atoms with Crippen molar-refractivity contribution in [2.75, 3.05) is 0 Å². The monoisotopic (exact) mass is 480 g/mol. The Labute approximate surface area is 213 Å². The van der Waals surface area contributed by atoms with Gasteiger partial charge in [0.05, 0.1) is 0 Å². The van der Waals surface area contributed by atoms with Gasteiger partial charge in [0, 0.05) is 12.8 Å². The predicted octanol–water partition coefficient (Wildman–Crippen LogP) is 10.6. The van der Waals surface area contributed by atoms with Gasteiger partial charge in [0.1, 0.15) is 0 Å². The number of carbonyl (C=O) groups is 2. The third-order valence-corrected chi connectivity index (χ3v) is 6.95. The van der Waals surface area contributed by atoms with E-state index in [1.807, 2.05) is 0 Å². The highest BCUT2D eigenvalue weighted by molar-refractivity contribution is 5.85. The molecule has 0 bridgehead atoms. The summed E-state index contributed by atoms with van der Waals surface area (Å²) >= 11 is 0. The number of rotatable bonds is 27. The van der Waals surface area contributed by atoms with Gasteiger partial charge in [-0.2, -0.15) is 0 Å². The van der Waals surface area contributed by atoms with E-state index in [0.717, 1.165) is 25.7 Å². The van der Waals surface area contributed by atoms with Crippen molar-refractivity contribution in [2.45, 2.75) is 187 Å². The highest BCUT2D eigenvalue weighted by Gasteiger charge is 2.09. The molecule has 0 rings (SSSR count). The highest BCUT2D eigenvalue weighted by atomic mass is 16.6. The quantitative estimate of drug-likeness (QED) is 0.0667. The summed E-state index contributed by atoms with van der Waals surface area (Å²) in [6.45, 7) is 4.52. The summed E-state index contributed by atoms with van der Waals surface area (Å²) in [4.78, 5) is 23.6. The van der Waals surface area contributed by atoms with Gasteiger partial charge in [-0.25, -0.2) is 0 Å². The van der Waals surface area contributed by atoms with Crippen LogP contribution in [0.3, 0.4) is 0 Å². The fraction of sp³-hybridized carbons (Fsp3) is 0.935. The zero-order valence-corrected chi connectivity index (χ0v) is 23.3. The van der Waals surface area contributed by atoms with Crippen LogP contribution < -0.4 is 0 Å². The zero-order chi connectivity index (χ0) is 25.0. The maximum atomic E-state index is 11.8. The van der Waals surface area contributed by atoms with Crippen molar-refractivity contribution in [3.8, 4) is 0 Å². The Bertz CT molecular complexity index is 432. The van der Waals surface area contributed by atoms with Gasteiger partial charge in [-0.15, -0.1) is 0 Å². The Morgan fingerprint density at radius 2 is 0.559 bits per heavy atom. The molecule has 0 aromatic rings. The summed E-state index contributed by atoms with van der Waals surface area (Å²) in [5.41, 5.74) is 0. The minimum Gasteiger partial charge on any atom is -0.393 e. The molecule has 3 nitrogen and oxygen atoms in total. The van der Waals surface area contributed by atoms with Crippen LogP contribution in [0.2, 0.25) is 0 Å². The summed E-state index contributed by atoms with van der Waals surface area (Å²) in [5.74, 6) is -0.657. The number of hydrogen-bond donors (Lipinski definition) is 0. The summed E-state index contributed by atoms with van der Waals surface area (Å²) in [5, 5.41) is 0. The van der Waals surface area contributed by atoms with Gasteiger partial charge >= 0.3 is 11.9 Å². The van der Waals surface area contributed by atoms with Crippen LogP contribution in [0.4, 0.5) is 0 Å². The maximum absolute atomic E-state index is 11.8. The normalized spacial score (nSPS) is 11.1. The predicted molar refractivity (Wildman–Crippen MR) is 147 cm³/mol. The van der Waals surface area contributed by atoms with Crippen molar-refractivity contribution < 1.29 is 14.3 Å². The Hall–Kier alpha value is -0.860. The SMILES string of the molecule is CCCCCCCCCCCCCCCCCCC(=O)OC(=O)CCCCCCCCCCC. The number of hydrogen-bond acceptors (Lipinski definition) is 3. The lowest BCUT2D eigenvalue weighted by Gasteiger charge is -2.05. The molecule has 0 aliphatic heterocycles. The first-order valence-electron chi connectivity index (χ1n) is 15.4. The molecule has 0 heterocycles. The first-order chi connectivity index (χ1) is 16.7. The van der Waals surface area contributed by atoms with Gasteiger partial charge < -0.3 is 4.74 Å². The van der Waals surface area contributed by atoms with E-state index in [4.69, 9.17) is 4.74 Å². The van der Waals surface area contributed by atoms with Gasteiger partial charge in [0.15, 0.2) is 0 Å². The second-order valence-corrected chi connectivity index (χ2v) is 10.5. The van der Waals surface area contributed by atoms with Crippen molar-refractivity contribution in [3.63, 3.8) is 0 Å². The smallest absolute Gasteiger partial charge is 0.313 e. The standard InChI is InChI=1S/C31H60O3/c1-3-5-7-9-11-13-14-15-16-17-18-19-21-23-25-27-29-31(33)34-30(32)28-26-24-22-20-12-10-8-6-4-2/h3-29H2,1-2H3. The van der Waals surface area contributed by atoms with E-state index in [2.05, 4.69) is 13.8 Å². The molecule has 0 saturated heterocycles. The summed E-state index contributed by atoms with van der Waals surface area (Å²) in [6, 6.07) is 0. The van der Waals surface area contributed by atoms with Crippen molar-refractivity contribution in [2.24, 2.45) is 0 Å². The largest absolute Gasteiger partial charge is 0.393 e. The Balaban J connectivity index is 3.27. The average molecular weight is 481 g/mol. The van der Waals surface area contributed by atoms with Gasteiger partial charge in [0.25, 0.3) is 0 Å². The van der Waals surface area contributed by atoms with Crippen molar-refractivity contribution in [3.05, 3.63) is 0 Å². The van der Waals surface area contributed by atoms with Crippen LogP contribution in [0.25, 0.3) is 0 Å². The number of ether oxygens (including phenoxy) is 1. The number of carbonyl (C=O) groups excluding carboxylic acids is 2. The molecule has 0 aromatic heterocycles. The third-order valence-electron chi connectivity index (χ3n) is 6.95. The van der Waals surface area contributed by atoms with Crippen LogP contribution in [0, 0.1) is 0 Å². The van der Waals surface area contributed by atoms with Crippen LogP contribution in [-0.2, 0) is 14.3 Å². The Kier molecular flexibility index (Phi) is 27.7. The Morgan fingerprint density at radius 1 is 0.353 bits per heavy atom. The first-order valence-corrected chi connectivity index (χ1v) is 15.4. The van der Waals surface area contributed by atoms with Crippen LogP contribution in [0.15, 0.2) is 0 Å². The van der Waals surface area contributed by atoms with E-state index >= 15 is 0 Å². The molecule has 0 radical (unpaired) electrons. The lowest BCUT2D eigenvalue weighted by atomic mass is 10.0. The van der Waals surface area contributed by atoms with Crippen molar-refractivity contribution in [1.82, 2.24) is 0 Å². The van der Waals surface area contributed by atoms with Gasteiger partial charge in [-0.1, -0.05) is 162 Å². The van der Waals surface area contributed by atoms with E-state index < -0.39 is 0 Å². The minimum absolute atomic E-state index is 0.328. The van der Waals surface area contributed by atoms with Crippen LogP contribution in [0.5, 0.6) is 0 Å². The topological polar surface area (TPSA) is 43.4 Å². The second-order valence-electron chi connectivity index (χ2n) is 10.5. The molecular weight excluding hydrogens is 420 g/mol. The number of unbranched alkanes of at least 4 members (excludes halogenated alkanes) is 23. The molecular formula is C31H60O3. The average Bonchev–Trinajstić information content (AvgIpc) is 2.82. The van der Waals surface area contributed by atoms with E-state index in [9.17, 15) is 9.59 Å². The van der Waals surface area contributed by atoms with E-state index in [1.54, 1.807) is 0 Å². The molecule has 0 aliphatic carbocycles. The van der Waals surface area contributed by atoms with Crippen LogP contribution >= 0.6 is 0 Å². The first kappa shape index (κ1) is 33.1. The molecule has 0 unspecified atom stereocenters. The zero-order valence-electron chi connectivity index (χ0n) is 23.3. The van der Waals surface area contributed by atoms with Gasteiger partial charge in [0.2, 0.25) is 0 Å². The third kappa shape index (κ3) is 27.4. The fourth-order valence-corrected chi connectivity index (χ4v) is 4.63. The maximum Gasteiger partial charge on any atom is 0.313 e. The van der Waals surface area contributed by atoms with E-state index in [0.29, 0.717) is 12.8 Å². The highest BCUT2D eigenvalue weighted by Crippen LogP contribution is 2.15. The molecule has 0 fully saturated rings. The molecule has 34 heavy (non-hydrogen) atoms. The molecule has 3 heteroatoms. The van der Waals surface area contributed by atoms with Crippen LogP contribution in [-0.4, -0.2) is 11.9 Å². The molecule has 0 N–H and O–H groups in total. The van der Waals surface area contributed by atoms with Gasteiger partial charge in [-0.3, -0.25) is 9.59 Å². The van der Waals surface area contributed by atoms with E-state index in [-0.39, 0.29) is 11.9 Å². The van der Waals surface area contributed by atoms with E-state index in [1.165, 1.54) is 135 Å². The summed E-state index contributed by atoms with van der Waals surface area (Å²) in [6.07, 6.45) is 32.9.